The van der Waals surface area contributed by atoms with Crippen molar-refractivity contribution in [1.29, 1.82) is 0 Å². The lowest BCUT2D eigenvalue weighted by atomic mass is 10.0. The number of rotatable bonds is 6. The molecule has 0 radical (unpaired) electrons. The number of carbonyl (C=O) groups excluding carboxylic acids is 1. The van der Waals surface area contributed by atoms with Gasteiger partial charge in [0.25, 0.3) is 0 Å². The number of carbonyl (C=O) groups is 1. The van der Waals surface area contributed by atoms with Gasteiger partial charge >= 0.3 is 6.18 Å². The Labute approximate surface area is 114 Å². The topological polar surface area (TPSA) is 33.2 Å². The highest BCUT2D eigenvalue weighted by atomic mass is 32.1. The van der Waals surface area contributed by atoms with Crippen molar-refractivity contribution < 1.29 is 18.0 Å². The summed E-state index contributed by atoms with van der Waals surface area (Å²) < 4.78 is 36.5. The van der Waals surface area contributed by atoms with E-state index in [1.807, 2.05) is 13.8 Å². The molecule has 7 heteroatoms. The molecule has 0 saturated carbocycles. The first-order chi connectivity index (χ1) is 8.78. The van der Waals surface area contributed by atoms with Crippen LogP contribution >= 0.6 is 11.3 Å². The summed E-state index contributed by atoms with van der Waals surface area (Å²) in [4.78, 5) is 17.2. The first kappa shape index (κ1) is 15.9. The van der Waals surface area contributed by atoms with Gasteiger partial charge in [0.15, 0.2) is 11.4 Å². The van der Waals surface area contributed by atoms with Gasteiger partial charge in [0.1, 0.15) is 0 Å². The van der Waals surface area contributed by atoms with E-state index in [9.17, 15) is 18.0 Å². The number of anilines is 1. The van der Waals surface area contributed by atoms with Crippen LogP contribution in [0.5, 0.6) is 0 Å². The molecule has 0 aromatic carbocycles. The molecule has 0 N–H and O–H groups in total. The summed E-state index contributed by atoms with van der Waals surface area (Å²) >= 11 is 1.14. The third-order valence-corrected chi connectivity index (χ3v) is 4.02. The summed E-state index contributed by atoms with van der Waals surface area (Å²) in [6.45, 7) is 3.77. The molecule has 1 heterocycles. The molecule has 0 spiro atoms. The molecular formula is C12H17F3N2OS. The summed E-state index contributed by atoms with van der Waals surface area (Å²) in [5.74, 6) is 0.126. The Bertz CT molecular complexity index is 431. The molecule has 0 fully saturated rings. The van der Waals surface area contributed by atoms with Gasteiger partial charge in [-0.2, -0.15) is 13.2 Å². The summed E-state index contributed by atoms with van der Waals surface area (Å²) in [5, 5.41) is 0.460. The van der Waals surface area contributed by atoms with Crippen molar-refractivity contribution in [2.75, 3.05) is 18.5 Å². The standard InChI is InChI=1S/C12H17F3N2OS/c1-4-8(2)10-9(7-18)19-11(16-10)17(3)6-5-12(13,14)15/h7-8H,4-6H2,1-3H3. The Kier molecular flexibility index (Phi) is 5.34. The van der Waals surface area contributed by atoms with E-state index in [0.717, 1.165) is 24.0 Å². The van der Waals surface area contributed by atoms with Crippen LogP contribution in [0.25, 0.3) is 0 Å². The lowest BCUT2D eigenvalue weighted by Crippen LogP contribution is -2.23. The smallest absolute Gasteiger partial charge is 0.351 e. The maximum atomic E-state index is 12.2. The van der Waals surface area contributed by atoms with Gasteiger partial charge in [-0.3, -0.25) is 4.79 Å². The van der Waals surface area contributed by atoms with Crippen molar-refractivity contribution in [3.63, 3.8) is 0 Å². The molecule has 1 atom stereocenters. The van der Waals surface area contributed by atoms with Crippen LogP contribution in [-0.2, 0) is 0 Å². The number of aldehydes is 1. The molecule has 1 aromatic rings. The number of nitrogens with zero attached hydrogens (tertiary/aromatic N) is 2. The third-order valence-electron chi connectivity index (χ3n) is 2.91. The number of hydrogen-bond acceptors (Lipinski definition) is 4. The van der Waals surface area contributed by atoms with E-state index in [1.165, 1.54) is 4.90 Å². The Morgan fingerprint density at radius 3 is 2.58 bits per heavy atom. The Hall–Kier alpha value is -1.11. The number of alkyl halides is 3. The minimum Gasteiger partial charge on any atom is -0.351 e. The normalized spacial score (nSPS) is 13.4. The molecule has 1 aromatic heterocycles. The first-order valence-corrected chi connectivity index (χ1v) is 6.84. The molecule has 0 aliphatic heterocycles. The first-order valence-electron chi connectivity index (χ1n) is 6.02. The fourth-order valence-corrected chi connectivity index (χ4v) is 2.50. The second-order valence-electron chi connectivity index (χ2n) is 4.46. The minimum atomic E-state index is -4.18. The highest BCUT2D eigenvalue weighted by Gasteiger charge is 2.28. The number of thiazole rings is 1. The van der Waals surface area contributed by atoms with E-state index in [2.05, 4.69) is 4.98 Å². The van der Waals surface area contributed by atoms with Crippen LogP contribution in [0.1, 0.15) is 48.0 Å². The van der Waals surface area contributed by atoms with Gasteiger partial charge in [-0.05, 0) is 12.3 Å². The fourth-order valence-electron chi connectivity index (χ4n) is 1.52. The SMILES string of the molecule is CCC(C)c1nc(N(C)CCC(F)(F)F)sc1C=O. The van der Waals surface area contributed by atoms with E-state index in [0.29, 0.717) is 15.7 Å². The van der Waals surface area contributed by atoms with Crippen molar-refractivity contribution in [3.8, 4) is 0 Å². The average molecular weight is 294 g/mol. The van der Waals surface area contributed by atoms with E-state index in [-0.39, 0.29) is 12.5 Å². The van der Waals surface area contributed by atoms with Crippen molar-refractivity contribution in [2.45, 2.75) is 38.8 Å². The maximum absolute atomic E-state index is 12.2. The van der Waals surface area contributed by atoms with Crippen LogP contribution < -0.4 is 4.90 Å². The van der Waals surface area contributed by atoms with Gasteiger partial charge in [-0.15, -0.1) is 0 Å². The van der Waals surface area contributed by atoms with Crippen LogP contribution in [0.15, 0.2) is 0 Å². The second-order valence-corrected chi connectivity index (χ2v) is 5.47. The summed E-state index contributed by atoms with van der Waals surface area (Å²) in [6, 6.07) is 0. The van der Waals surface area contributed by atoms with E-state index in [4.69, 9.17) is 0 Å². The van der Waals surface area contributed by atoms with Crippen molar-refractivity contribution in [3.05, 3.63) is 10.6 Å². The number of hydrogen-bond donors (Lipinski definition) is 0. The Morgan fingerprint density at radius 2 is 2.11 bits per heavy atom. The summed E-state index contributed by atoms with van der Waals surface area (Å²) in [5.41, 5.74) is 0.677. The molecule has 0 aliphatic carbocycles. The van der Waals surface area contributed by atoms with Crippen LogP contribution in [0.4, 0.5) is 18.3 Å². The van der Waals surface area contributed by atoms with Gasteiger partial charge in [0.05, 0.1) is 17.0 Å². The van der Waals surface area contributed by atoms with Crippen molar-refractivity contribution >= 4 is 22.8 Å². The zero-order valence-electron chi connectivity index (χ0n) is 11.1. The van der Waals surface area contributed by atoms with E-state index in [1.54, 1.807) is 7.05 Å². The van der Waals surface area contributed by atoms with Crippen LogP contribution in [0.3, 0.4) is 0 Å². The minimum absolute atomic E-state index is 0.126. The number of halogens is 3. The molecule has 1 unspecified atom stereocenters. The molecule has 0 bridgehead atoms. The predicted octanol–water partition coefficient (Wildman–Crippen LogP) is 3.86. The zero-order chi connectivity index (χ0) is 14.6. The van der Waals surface area contributed by atoms with Crippen LogP contribution in [0.2, 0.25) is 0 Å². The molecule has 1 rings (SSSR count). The highest BCUT2D eigenvalue weighted by molar-refractivity contribution is 7.17. The third kappa shape index (κ3) is 4.49. The van der Waals surface area contributed by atoms with Crippen molar-refractivity contribution in [1.82, 2.24) is 4.98 Å². The maximum Gasteiger partial charge on any atom is 0.390 e. The highest BCUT2D eigenvalue weighted by Crippen LogP contribution is 2.31. The average Bonchev–Trinajstić information content (AvgIpc) is 2.78. The van der Waals surface area contributed by atoms with Gasteiger partial charge < -0.3 is 4.90 Å². The fraction of sp³-hybridized carbons (Fsp3) is 0.667. The number of aromatic nitrogens is 1. The summed E-state index contributed by atoms with van der Waals surface area (Å²) in [7, 11) is 1.56. The molecular weight excluding hydrogens is 277 g/mol. The van der Waals surface area contributed by atoms with Gasteiger partial charge in [0, 0.05) is 13.6 Å². The lowest BCUT2D eigenvalue weighted by Gasteiger charge is -2.16. The molecule has 19 heavy (non-hydrogen) atoms. The molecule has 0 aliphatic rings. The van der Waals surface area contributed by atoms with Crippen LogP contribution in [0, 0.1) is 0 Å². The second kappa shape index (κ2) is 6.36. The Morgan fingerprint density at radius 1 is 1.47 bits per heavy atom. The van der Waals surface area contributed by atoms with E-state index < -0.39 is 12.6 Å². The lowest BCUT2D eigenvalue weighted by molar-refractivity contribution is -0.132. The monoisotopic (exact) mass is 294 g/mol. The van der Waals surface area contributed by atoms with Gasteiger partial charge in [-0.1, -0.05) is 25.2 Å². The molecule has 0 saturated heterocycles. The van der Waals surface area contributed by atoms with E-state index >= 15 is 0 Å². The quantitative estimate of drug-likeness (QED) is 0.747. The molecule has 108 valence electrons. The summed E-state index contributed by atoms with van der Waals surface area (Å²) in [6.07, 6.45) is -3.52. The zero-order valence-corrected chi connectivity index (χ0v) is 11.9. The predicted molar refractivity (Wildman–Crippen MR) is 70.1 cm³/mol. The van der Waals surface area contributed by atoms with Gasteiger partial charge in [0.2, 0.25) is 0 Å². The largest absolute Gasteiger partial charge is 0.390 e. The van der Waals surface area contributed by atoms with Crippen molar-refractivity contribution in [2.24, 2.45) is 0 Å². The van der Waals surface area contributed by atoms with Crippen LogP contribution in [-0.4, -0.2) is 31.0 Å². The Balaban J connectivity index is 2.83. The van der Waals surface area contributed by atoms with Gasteiger partial charge in [-0.25, -0.2) is 4.98 Å². The molecule has 3 nitrogen and oxygen atoms in total. The molecule has 0 amide bonds.